The summed E-state index contributed by atoms with van der Waals surface area (Å²) < 4.78 is 7.09. The van der Waals surface area contributed by atoms with Crippen LogP contribution in [0.5, 0.6) is 0 Å². The molecule has 0 aliphatic carbocycles. The van der Waals surface area contributed by atoms with Gasteiger partial charge in [0.25, 0.3) is 0 Å². The summed E-state index contributed by atoms with van der Waals surface area (Å²) in [5, 5.41) is 3.99. The molecule has 2 nitrogen and oxygen atoms in total. The first-order valence-corrected chi connectivity index (χ1v) is 6.97. The van der Waals surface area contributed by atoms with Crippen molar-refractivity contribution in [1.82, 2.24) is 0 Å². The summed E-state index contributed by atoms with van der Waals surface area (Å²) in [4.78, 5) is 0. The minimum atomic E-state index is 0.592. The van der Waals surface area contributed by atoms with E-state index >= 15 is 0 Å². The van der Waals surface area contributed by atoms with E-state index in [2.05, 4.69) is 37.2 Å². The van der Waals surface area contributed by atoms with E-state index in [1.54, 1.807) is 0 Å². The first kappa shape index (κ1) is 13.0. The van der Waals surface area contributed by atoms with Crippen LogP contribution in [-0.2, 0) is 6.54 Å². The monoisotopic (exact) mass is 377 g/mol. The largest absolute Gasteiger partial charge is 0.451 e. The van der Waals surface area contributed by atoms with Gasteiger partial charge >= 0.3 is 0 Å². The van der Waals surface area contributed by atoms with E-state index in [1.807, 2.05) is 31.2 Å². The number of hydrogen-bond donors (Lipinski definition) is 1. The normalized spacial score (nSPS) is 10.6. The highest BCUT2D eigenvalue weighted by molar-refractivity contribution is 9.13. The molecule has 0 aliphatic heterocycles. The van der Waals surface area contributed by atoms with Crippen LogP contribution in [-0.4, -0.2) is 0 Å². The minimum absolute atomic E-state index is 0.592. The Balaban J connectivity index is 2.12. The molecule has 0 unspecified atom stereocenters. The molecule has 1 heterocycles. The zero-order chi connectivity index (χ0) is 12.4. The van der Waals surface area contributed by atoms with Gasteiger partial charge in [0.05, 0.1) is 21.7 Å². The first-order valence-electron chi connectivity index (χ1n) is 5.00. The molecule has 1 aromatic heterocycles. The molecule has 1 N–H and O–H groups in total. The Bertz CT molecular complexity index is 500. The Morgan fingerprint density at radius 3 is 2.71 bits per heavy atom. The molecular weight excluding hydrogens is 369 g/mol. The number of aryl methyl sites for hydroxylation is 1. The van der Waals surface area contributed by atoms with E-state index in [0.29, 0.717) is 11.2 Å². The van der Waals surface area contributed by atoms with Gasteiger partial charge < -0.3 is 9.73 Å². The second-order valence-corrected chi connectivity index (χ2v) is 5.60. The molecule has 17 heavy (non-hydrogen) atoms. The summed E-state index contributed by atoms with van der Waals surface area (Å²) in [5.41, 5.74) is 2.06. The maximum atomic E-state index is 6.12. The molecule has 2 rings (SSSR count). The van der Waals surface area contributed by atoms with Crippen LogP contribution >= 0.6 is 43.5 Å². The van der Waals surface area contributed by atoms with Crippen LogP contribution in [0.4, 0.5) is 5.69 Å². The molecular formula is C12H10Br2ClNO. The van der Waals surface area contributed by atoms with Crippen molar-refractivity contribution in [1.29, 1.82) is 0 Å². The van der Waals surface area contributed by atoms with Gasteiger partial charge in [0.15, 0.2) is 4.67 Å². The highest BCUT2D eigenvalue weighted by Gasteiger charge is 2.07. The molecule has 0 bridgehead atoms. The molecule has 0 amide bonds. The molecule has 0 saturated carbocycles. The molecule has 0 aliphatic rings. The lowest BCUT2D eigenvalue weighted by atomic mass is 10.2. The van der Waals surface area contributed by atoms with Crippen LogP contribution in [0.1, 0.15) is 11.3 Å². The predicted octanol–water partition coefficient (Wildman–Crippen LogP) is 5.38. The summed E-state index contributed by atoms with van der Waals surface area (Å²) in [7, 11) is 0. The van der Waals surface area contributed by atoms with Gasteiger partial charge in [0.2, 0.25) is 0 Å². The number of anilines is 1. The van der Waals surface area contributed by atoms with Crippen LogP contribution in [0.2, 0.25) is 5.02 Å². The van der Waals surface area contributed by atoms with Gasteiger partial charge in [-0.1, -0.05) is 23.7 Å². The molecule has 5 heteroatoms. The Hall–Kier alpha value is -0.450. The summed E-state index contributed by atoms with van der Waals surface area (Å²) in [6.45, 7) is 2.61. The van der Waals surface area contributed by atoms with Gasteiger partial charge in [-0.2, -0.15) is 0 Å². The van der Waals surface area contributed by atoms with Gasteiger partial charge in [-0.3, -0.25) is 0 Å². The Labute approximate surface area is 122 Å². The number of benzene rings is 1. The lowest BCUT2D eigenvalue weighted by Gasteiger charge is -2.09. The van der Waals surface area contributed by atoms with E-state index < -0.39 is 0 Å². The standard InChI is InChI=1S/C12H10Br2ClNO/c1-7-3-2-4-10(15)11(7)16-6-8-5-9(13)12(14)17-8/h2-5,16H,6H2,1H3. The van der Waals surface area contributed by atoms with Crippen molar-refractivity contribution in [2.24, 2.45) is 0 Å². The van der Waals surface area contributed by atoms with Crippen molar-refractivity contribution in [3.8, 4) is 0 Å². The molecule has 90 valence electrons. The summed E-state index contributed by atoms with van der Waals surface area (Å²) in [5.74, 6) is 0.836. The molecule has 1 aromatic carbocycles. The SMILES string of the molecule is Cc1cccc(Cl)c1NCc1cc(Br)c(Br)o1. The van der Waals surface area contributed by atoms with E-state index in [0.717, 1.165) is 26.5 Å². The molecule has 0 saturated heterocycles. The molecule has 0 fully saturated rings. The van der Waals surface area contributed by atoms with Gasteiger partial charge in [-0.25, -0.2) is 0 Å². The van der Waals surface area contributed by atoms with E-state index in [1.165, 1.54) is 0 Å². The van der Waals surface area contributed by atoms with Crippen molar-refractivity contribution in [2.45, 2.75) is 13.5 Å². The highest BCUT2D eigenvalue weighted by atomic mass is 79.9. The summed E-state index contributed by atoms with van der Waals surface area (Å²) in [6.07, 6.45) is 0. The predicted molar refractivity (Wildman–Crippen MR) is 77.6 cm³/mol. The van der Waals surface area contributed by atoms with Crippen molar-refractivity contribution in [2.75, 3.05) is 5.32 Å². The van der Waals surface area contributed by atoms with E-state index in [-0.39, 0.29) is 0 Å². The molecule has 0 radical (unpaired) electrons. The van der Waals surface area contributed by atoms with Crippen molar-refractivity contribution >= 4 is 49.1 Å². The number of para-hydroxylation sites is 1. The van der Waals surface area contributed by atoms with Crippen LogP contribution in [0.15, 0.2) is 37.8 Å². The molecule has 0 spiro atoms. The third-order valence-corrected chi connectivity index (χ3v) is 4.38. The molecule has 2 aromatic rings. The number of furan rings is 1. The zero-order valence-electron chi connectivity index (χ0n) is 9.06. The lowest BCUT2D eigenvalue weighted by Crippen LogP contribution is -2.00. The number of halogens is 3. The van der Waals surface area contributed by atoms with Crippen molar-refractivity contribution in [3.63, 3.8) is 0 Å². The van der Waals surface area contributed by atoms with Crippen LogP contribution in [0.25, 0.3) is 0 Å². The third kappa shape index (κ3) is 3.06. The van der Waals surface area contributed by atoms with Crippen LogP contribution in [0.3, 0.4) is 0 Å². The first-order chi connectivity index (χ1) is 8.08. The fourth-order valence-electron chi connectivity index (χ4n) is 1.51. The number of nitrogens with one attached hydrogen (secondary N) is 1. The van der Waals surface area contributed by atoms with Crippen molar-refractivity contribution in [3.05, 3.63) is 49.8 Å². The summed E-state index contributed by atoms with van der Waals surface area (Å²) in [6, 6.07) is 7.74. The van der Waals surface area contributed by atoms with Crippen LogP contribution in [0, 0.1) is 6.92 Å². The second kappa shape index (κ2) is 5.46. The fourth-order valence-corrected chi connectivity index (χ4v) is 2.46. The number of hydrogen-bond acceptors (Lipinski definition) is 2. The average molecular weight is 379 g/mol. The Morgan fingerprint density at radius 2 is 2.12 bits per heavy atom. The quantitative estimate of drug-likeness (QED) is 0.775. The van der Waals surface area contributed by atoms with Gasteiger partial charge in [-0.15, -0.1) is 0 Å². The van der Waals surface area contributed by atoms with Gasteiger partial charge in [0, 0.05) is 0 Å². The maximum Gasteiger partial charge on any atom is 0.183 e. The van der Waals surface area contributed by atoms with Crippen molar-refractivity contribution < 1.29 is 4.42 Å². The Morgan fingerprint density at radius 1 is 1.35 bits per heavy atom. The number of rotatable bonds is 3. The van der Waals surface area contributed by atoms with E-state index in [4.69, 9.17) is 16.0 Å². The topological polar surface area (TPSA) is 25.2 Å². The Kier molecular flexibility index (Phi) is 4.17. The molecule has 0 atom stereocenters. The highest BCUT2D eigenvalue weighted by Crippen LogP contribution is 2.29. The summed E-state index contributed by atoms with van der Waals surface area (Å²) >= 11 is 12.8. The average Bonchev–Trinajstić information content (AvgIpc) is 2.58. The van der Waals surface area contributed by atoms with Gasteiger partial charge in [-0.05, 0) is 56.5 Å². The third-order valence-electron chi connectivity index (χ3n) is 2.36. The lowest BCUT2D eigenvalue weighted by molar-refractivity contribution is 0.494. The van der Waals surface area contributed by atoms with E-state index in [9.17, 15) is 0 Å². The smallest absolute Gasteiger partial charge is 0.183 e. The minimum Gasteiger partial charge on any atom is -0.451 e. The fraction of sp³-hybridized carbons (Fsp3) is 0.167. The zero-order valence-corrected chi connectivity index (χ0v) is 13.0. The van der Waals surface area contributed by atoms with Crippen LogP contribution < -0.4 is 5.32 Å². The second-order valence-electron chi connectivity index (χ2n) is 3.62. The maximum absolute atomic E-state index is 6.12. The van der Waals surface area contributed by atoms with Gasteiger partial charge in [0.1, 0.15) is 5.76 Å².